The second-order valence-electron chi connectivity index (χ2n) is 5.68. The van der Waals surface area contributed by atoms with Gasteiger partial charge in [0.05, 0.1) is 25.5 Å². The summed E-state index contributed by atoms with van der Waals surface area (Å²) in [5.41, 5.74) is 1.56. The lowest BCUT2D eigenvalue weighted by molar-refractivity contribution is -0.116. The van der Waals surface area contributed by atoms with Crippen LogP contribution in [0.25, 0.3) is 0 Å². The Morgan fingerprint density at radius 2 is 1.73 bits per heavy atom. The van der Waals surface area contributed by atoms with E-state index in [0.29, 0.717) is 23.7 Å². The highest BCUT2D eigenvalue weighted by atomic mass is 16.5. The minimum atomic E-state index is -0.0972. The number of hydrogen-bond acceptors (Lipinski definition) is 4. The molecule has 5 heteroatoms. The average molecular weight is 348 g/mol. The molecule has 0 atom stereocenters. The Hall–Kier alpha value is -3.34. The molecule has 3 aromatic rings. The van der Waals surface area contributed by atoms with Gasteiger partial charge in [-0.1, -0.05) is 36.4 Å². The highest BCUT2D eigenvalue weighted by Crippen LogP contribution is 2.33. The van der Waals surface area contributed by atoms with Crippen LogP contribution in [0.5, 0.6) is 17.2 Å². The number of nitrogens with zero attached hydrogens (tertiary/aromatic N) is 2. The van der Waals surface area contributed by atoms with Crippen molar-refractivity contribution < 1.29 is 14.3 Å². The molecular weight excluding hydrogens is 328 g/mol. The molecule has 0 bridgehead atoms. The maximum absolute atomic E-state index is 12.4. The Labute approximate surface area is 152 Å². The van der Waals surface area contributed by atoms with Gasteiger partial charge in [-0.2, -0.15) is 0 Å². The van der Waals surface area contributed by atoms with Gasteiger partial charge in [-0.25, -0.2) is 0 Å². The van der Waals surface area contributed by atoms with E-state index in [4.69, 9.17) is 9.47 Å². The number of carbonyl (C=O) groups excluding carboxylic acids is 1. The predicted molar refractivity (Wildman–Crippen MR) is 101 cm³/mol. The third kappa shape index (κ3) is 4.00. The Balaban J connectivity index is 1.95. The SMILES string of the molecule is COc1ccccc1CN(C(C)=O)c1ccncc1Oc1ccccc1. The minimum Gasteiger partial charge on any atom is -0.496 e. The van der Waals surface area contributed by atoms with Gasteiger partial charge in [0.2, 0.25) is 5.91 Å². The molecule has 0 radical (unpaired) electrons. The van der Waals surface area contributed by atoms with Gasteiger partial charge < -0.3 is 14.4 Å². The van der Waals surface area contributed by atoms with Gasteiger partial charge in [0.25, 0.3) is 0 Å². The van der Waals surface area contributed by atoms with Gasteiger partial charge >= 0.3 is 0 Å². The number of amides is 1. The standard InChI is InChI=1S/C21H20N2O3/c1-16(24)23(15-17-8-6-7-11-20(17)25-2)19-12-13-22-14-21(19)26-18-9-4-3-5-10-18/h3-14H,15H2,1-2H3. The van der Waals surface area contributed by atoms with Crippen LogP contribution in [0.2, 0.25) is 0 Å². The molecule has 0 saturated heterocycles. The number of methoxy groups -OCH3 is 1. The topological polar surface area (TPSA) is 51.7 Å². The molecule has 5 nitrogen and oxygen atoms in total. The predicted octanol–water partition coefficient (Wildman–Crippen LogP) is 4.44. The Kier molecular flexibility index (Phi) is 5.49. The molecule has 0 spiro atoms. The molecule has 0 fully saturated rings. The number of carbonyl (C=O) groups is 1. The summed E-state index contributed by atoms with van der Waals surface area (Å²) in [6, 6.07) is 18.8. The van der Waals surface area contributed by atoms with Crippen molar-refractivity contribution in [2.24, 2.45) is 0 Å². The van der Waals surface area contributed by atoms with E-state index in [1.54, 1.807) is 30.5 Å². The van der Waals surface area contributed by atoms with E-state index in [9.17, 15) is 4.79 Å². The second kappa shape index (κ2) is 8.16. The van der Waals surface area contributed by atoms with E-state index in [1.165, 1.54) is 6.92 Å². The van der Waals surface area contributed by atoms with Crippen LogP contribution >= 0.6 is 0 Å². The number of pyridine rings is 1. The fourth-order valence-corrected chi connectivity index (χ4v) is 2.66. The van der Waals surface area contributed by atoms with Crippen LogP contribution in [0.15, 0.2) is 73.1 Å². The van der Waals surface area contributed by atoms with Gasteiger partial charge in [0.15, 0.2) is 5.75 Å². The number of rotatable bonds is 6. The number of anilines is 1. The summed E-state index contributed by atoms with van der Waals surface area (Å²) >= 11 is 0. The van der Waals surface area contributed by atoms with Gasteiger partial charge in [-0.05, 0) is 24.3 Å². The molecule has 0 saturated carbocycles. The number of benzene rings is 2. The molecule has 132 valence electrons. The van der Waals surface area contributed by atoms with Crippen LogP contribution in [-0.2, 0) is 11.3 Å². The largest absolute Gasteiger partial charge is 0.496 e. The summed E-state index contributed by atoms with van der Waals surface area (Å²) in [4.78, 5) is 18.1. The van der Waals surface area contributed by atoms with Crippen LogP contribution in [0.3, 0.4) is 0 Å². The first-order valence-corrected chi connectivity index (χ1v) is 8.26. The smallest absolute Gasteiger partial charge is 0.224 e. The second-order valence-corrected chi connectivity index (χ2v) is 5.68. The van der Waals surface area contributed by atoms with E-state index in [-0.39, 0.29) is 5.91 Å². The van der Waals surface area contributed by atoms with Gasteiger partial charge in [-0.3, -0.25) is 9.78 Å². The summed E-state index contributed by atoms with van der Waals surface area (Å²) in [5, 5.41) is 0. The Morgan fingerprint density at radius 3 is 2.46 bits per heavy atom. The number of hydrogen-bond donors (Lipinski definition) is 0. The Bertz CT molecular complexity index is 881. The summed E-state index contributed by atoms with van der Waals surface area (Å²) in [6.45, 7) is 1.90. The molecule has 1 aromatic heterocycles. The van der Waals surface area contributed by atoms with Crippen molar-refractivity contribution in [2.45, 2.75) is 13.5 Å². The molecule has 0 N–H and O–H groups in total. The molecule has 1 heterocycles. The number of para-hydroxylation sites is 2. The zero-order valence-corrected chi connectivity index (χ0v) is 14.8. The monoisotopic (exact) mass is 348 g/mol. The molecular formula is C21H20N2O3. The van der Waals surface area contributed by atoms with E-state index in [1.807, 2.05) is 54.6 Å². The summed E-state index contributed by atoms with van der Waals surface area (Å²) in [7, 11) is 1.62. The minimum absolute atomic E-state index is 0.0972. The van der Waals surface area contributed by atoms with E-state index < -0.39 is 0 Å². The van der Waals surface area contributed by atoms with Crippen molar-refractivity contribution in [1.82, 2.24) is 4.98 Å². The molecule has 0 unspecified atom stereocenters. The van der Waals surface area contributed by atoms with Crippen molar-refractivity contribution in [1.29, 1.82) is 0 Å². The maximum atomic E-state index is 12.4. The Morgan fingerprint density at radius 1 is 1.00 bits per heavy atom. The van der Waals surface area contributed by atoms with Crippen LogP contribution in [0, 0.1) is 0 Å². The molecule has 1 amide bonds. The van der Waals surface area contributed by atoms with Crippen molar-refractivity contribution in [2.75, 3.05) is 12.0 Å². The van der Waals surface area contributed by atoms with Gasteiger partial charge in [-0.15, -0.1) is 0 Å². The lowest BCUT2D eigenvalue weighted by atomic mass is 10.1. The molecule has 0 aliphatic heterocycles. The third-order valence-corrected chi connectivity index (χ3v) is 3.93. The lowest BCUT2D eigenvalue weighted by Crippen LogP contribution is -2.28. The normalized spacial score (nSPS) is 10.2. The van der Waals surface area contributed by atoms with E-state index in [2.05, 4.69) is 4.98 Å². The first-order valence-electron chi connectivity index (χ1n) is 8.26. The quantitative estimate of drug-likeness (QED) is 0.661. The fraction of sp³-hybridized carbons (Fsp3) is 0.143. The summed E-state index contributed by atoms with van der Waals surface area (Å²) in [6.07, 6.45) is 3.26. The van der Waals surface area contributed by atoms with Crippen molar-refractivity contribution >= 4 is 11.6 Å². The van der Waals surface area contributed by atoms with Gasteiger partial charge in [0, 0.05) is 18.7 Å². The fourth-order valence-electron chi connectivity index (χ4n) is 2.66. The summed E-state index contributed by atoms with van der Waals surface area (Å²) in [5.74, 6) is 1.84. The number of ether oxygens (including phenoxy) is 2. The zero-order valence-electron chi connectivity index (χ0n) is 14.8. The van der Waals surface area contributed by atoms with Crippen molar-refractivity contribution in [3.05, 3.63) is 78.6 Å². The van der Waals surface area contributed by atoms with E-state index in [0.717, 1.165) is 11.3 Å². The third-order valence-electron chi connectivity index (χ3n) is 3.93. The average Bonchev–Trinajstić information content (AvgIpc) is 2.67. The molecule has 0 aliphatic rings. The van der Waals surface area contributed by atoms with Crippen LogP contribution < -0.4 is 14.4 Å². The van der Waals surface area contributed by atoms with Crippen molar-refractivity contribution in [3.8, 4) is 17.2 Å². The van der Waals surface area contributed by atoms with Crippen LogP contribution in [0.4, 0.5) is 5.69 Å². The van der Waals surface area contributed by atoms with Crippen LogP contribution in [0.1, 0.15) is 12.5 Å². The van der Waals surface area contributed by atoms with Gasteiger partial charge in [0.1, 0.15) is 11.5 Å². The molecule has 0 aliphatic carbocycles. The summed E-state index contributed by atoms with van der Waals surface area (Å²) < 4.78 is 11.4. The molecule has 26 heavy (non-hydrogen) atoms. The number of aromatic nitrogens is 1. The highest BCUT2D eigenvalue weighted by molar-refractivity contribution is 5.93. The molecule has 3 rings (SSSR count). The first kappa shape index (κ1) is 17.5. The first-order chi connectivity index (χ1) is 12.7. The highest BCUT2D eigenvalue weighted by Gasteiger charge is 2.19. The zero-order chi connectivity index (χ0) is 18.4. The van der Waals surface area contributed by atoms with E-state index >= 15 is 0 Å². The molecule has 2 aromatic carbocycles. The maximum Gasteiger partial charge on any atom is 0.224 e. The van der Waals surface area contributed by atoms with Crippen LogP contribution in [-0.4, -0.2) is 18.0 Å². The van der Waals surface area contributed by atoms with Crippen molar-refractivity contribution in [3.63, 3.8) is 0 Å². The lowest BCUT2D eigenvalue weighted by Gasteiger charge is -2.24.